The molecular weight excluding hydrogens is 572 g/mol. The summed E-state index contributed by atoms with van der Waals surface area (Å²) in [7, 11) is 9.06. The maximum atomic E-state index is 12.6. The topological polar surface area (TPSA) is 114 Å². The van der Waals surface area contributed by atoms with Crippen molar-refractivity contribution in [1.29, 1.82) is 0 Å². The van der Waals surface area contributed by atoms with E-state index >= 15 is 0 Å². The van der Waals surface area contributed by atoms with Crippen LogP contribution in [-0.4, -0.2) is 117 Å². The minimum atomic E-state index is -0.430. The van der Waals surface area contributed by atoms with Crippen LogP contribution < -0.4 is 28.4 Å². The summed E-state index contributed by atoms with van der Waals surface area (Å²) in [6, 6.07) is 6.36. The lowest BCUT2D eigenvalue weighted by atomic mass is 10.2. The van der Waals surface area contributed by atoms with E-state index in [9.17, 15) is 9.59 Å². The maximum Gasteiger partial charge on any atom is 0.338 e. The number of rotatable bonds is 17. The van der Waals surface area contributed by atoms with Gasteiger partial charge in [-0.15, -0.1) is 0 Å². The molecule has 0 atom stereocenters. The van der Waals surface area contributed by atoms with E-state index in [4.69, 9.17) is 37.9 Å². The number of ether oxygens (including phenoxy) is 8. The van der Waals surface area contributed by atoms with E-state index in [1.807, 2.05) is 0 Å². The average molecular weight is 619 g/mol. The van der Waals surface area contributed by atoms with Gasteiger partial charge in [-0.3, -0.25) is 0 Å². The molecule has 0 amide bonds. The number of hydrogen-bond acceptors (Lipinski definition) is 12. The highest BCUT2D eigenvalue weighted by Gasteiger charge is 2.20. The molecule has 1 aliphatic rings. The van der Waals surface area contributed by atoms with Crippen LogP contribution in [0.2, 0.25) is 0 Å². The number of methoxy groups -OCH3 is 6. The van der Waals surface area contributed by atoms with Crippen molar-refractivity contribution in [3.05, 3.63) is 35.4 Å². The Hall–Kier alpha value is -3.90. The molecule has 12 heteroatoms. The average Bonchev–Trinajstić information content (AvgIpc) is 3.29. The molecule has 1 saturated heterocycles. The van der Waals surface area contributed by atoms with Gasteiger partial charge in [0, 0.05) is 19.6 Å². The normalized spacial score (nSPS) is 13.9. The lowest BCUT2D eigenvalue weighted by Gasteiger charge is -2.21. The Kier molecular flexibility index (Phi) is 14.2. The number of unbranched alkanes of at least 4 members (excludes halogenated alkanes) is 1. The third kappa shape index (κ3) is 9.55. The maximum absolute atomic E-state index is 12.6. The predicted molar refractivity (Wildman–Crippen MR) is 164 cm³/mol. The van der Waals surface area contributed by atoms with Gasteiger partial charge in [-0.05, 0) is 69.6 Å². The van der Waals surface area contributed by atoms with Gasteiger partial charge in [0.25, 0.3) is 0 Å². The summed E-state index contributed by atoms with van der Waals surface area (Å²) in [5, 5.41) is 0. The van der Waals surface area contributed by atoms with Crippen molar-refractivity contribution in [2.75, 3.05) is 95.1 Å². The molecule has 0 bridgehead atoms. The lowest BCUT2D eigenvalue weighted by Crippen LogP contribution is -2.32. The van der Waals surface area contributed by atoms with Crippen LogP contribution in [0.15, 0.2) is 24.3 Å². The first kappa shape index (κ1) is 34.6. The van der Waals surface area contributed by atoms with Gasteiger partial charge < -0.3 is 47.7 Å². The van der Waals surface area contributed by atoms with Crippen LogP contribution in [0.4, 0.5) is 0 Å². The monoisotopic (exact) mass is 618 g/mol. The molecule has 0 unspecified atom stereocenters. The Labute approximate surface area is 260 Å². The van der Waals surface area contributed by atoms with E-state index in [0.29, 0.717) is 58.8 Å². The van der Waals surface area contributed by atoms with Crippen LogP contribution >= 0.6 is 0 Å². The third-order valence-electron chi connectivity index (χ3n) is 7.44. The summed E-state index contributed by atoms with van der Waals surface area (Å²) in [5.74, 6) is 1.63. The van der Waals surface area contributed by atoms with Gasteiger partial charge in [-0.1, -0.05) is 0 Å². The highest BCUT2D eigenvalue weighted by molar-refractivity contribution is 5.91. The Morgan fingerprint density at radius 1 is 0.545 bits per heavy atom. The minimum absolute atomic E-state index is 0.324. The number of carbonyl (C=O) groups is 2. The first-order valence-corrected chi connectivity index (χ1v) is 14.8. The molecule has 0 radical (unpaired) electrons. The number of esters is 2. The van der Waals surface area contributed by atoms with Crippen molar-refractivity contribution in [1.82, 2.24) is 9.80 Å². The fraction of sp³-hybridized carbons (Fsp3) is 0.562. The molecular formula is C32H46N2O10. The second-order valence-corrected chi connectivity index (χ2v) is 10.2. The molecule has 244 valence electrons. The number of nitrogens with zero attached hydrogens (tertiary/aromatic N) is 2. The zero-order valence-electron chi connectivity index (χ0n) is 26.8. The molecule has 1 fully saturated rings. The molecule has 0 saturated carbocycles. The van der Waals surface area contributed by atoms with Crippen LogP contribution in [0.3, 0.4) is 0 Å². The summed E-state index contributed by atoms with van der Waals surface area (Å²) in [6.07, 6.45) is 3.52. The fourth-order valence-electron chi connectivity index (χ4n) is 5.09. The second kappa shape index (κ2) is 18.0. The van der Waals surface area contributed by atoms with Crippen LogP contribution in [-0.2, 0) is 9.47 Å². The Balaban J connectivity index is 1.33. The Morgan fingerprint density at radius 2 is 0.932 bits per heavy atom. The molecule has 0 N–H and O–H groups in total. The fourth-order valence-corrected chi connectivity index (χ4v) is 5.09. The van der Waals surface area contributed by atoms with Crippen molar-refractivity contribution in [2.24, 2.45) is 0 Å². The summed E-state index contributed by atoms with van der Waals surface area (Å²) in [4.78, 5) is 30.1. The quantitative estimate of drug-likeness (QED) is 0.189. The molecule has 2 aromatic rings. The molecule has 3 rings (SSSR count). The molecule has 44 heavy (non-hydrogen) atoms. The predicted octanol–water partition coefficient (Wildman–Crippen LogP) is 3.93. The van der Waals surface area contributed by atoms with E-state index in [-0.39, 0.29) is 0 Å². The van der Waals surface area contributed by atoms with Gasteiger partial charge in [-0.2, -0.15) is 0 Å². The van der Waals surface area contributed by atoms with Gasteiger partial charge >= 0.3 is 11.9 Å². The van der Waals surface area contributed by atoms with Gasteiger partial charge in [0.15, 0.2) is 23.0 Å². The molecule has 0 aliphatic carbocycles. The van der Waals surface area contributed by atoms with Crippen LogP contribution in [0.25, 0.3) is 0 Å². The minimum Gasteiger partial charge on any atom is -0.493 e. The third-order valence-corrected chi connectivity index (χ3v) is 7.44. The van der Waals surface area contributed by atoms with Crippen molar-refractivity contribution in [2.45, 2.75) is 25.7 Å². The van der Waals surface area contributed by atoms with E-state index in [2.05, 4.69) is 9.80 Å². The molecule has 1 heterocycles. The van der Waals surface area contributed by atoms with Gasteiger partial charge in [-0.25, -0.2) is 9.59 Å². The zero-order chi connectivity index (χ0) is 31.9. The Morgan fingerprint density at radius 3 is 1.32 bits per heavy atom. The SMILES string of the molecule is COc1cc(C(=O)OCCCCN2CCCN(CCCOC(=O)c3cc(OC)c(OC)c(OC)c3)CC2)cc(OC)c1OC. The van der Waals surface area contributed by atoms with Gasteiger partial charge in [0.2, 0.25) is 11.5 Å². The summed E-state index contributed by atoms with van der Waals surface area (Å²) in [6.45, 7) is 6.42. The van der Waals surface area contributed by atoms with Gasteiger partial charge in [0.1, 0.15) is 0 Å². The molecule has 0 spiro atoms. The molecule has 2 aromatic carbocycles. The number of carbonyl (C=O) groups excluding carboxylic acids is 2. The highest BCUT2D eigenvalue weighted by atomic mass is 16.5. The van der Waals surface area contributed by atoms with E-state index in [1.165, 1.54) is 42.7 Å². The Bertz CT molecular complexity index is 1170. The lowest BCUT2D eigenvalue weighted by molar-refractivity contribution is 0.0483. The molecule has 12 nitrogen and oxygen atoms in total. The van der Waals surface area contributed by atoms with Crippen molar-refractivity contribution < 1.29 is 47.5 Å². The molecule has 0 aromatic heterocycles. The summed E-state index contributed by atoms with van der Waals surface area (Å²) >= 11 is 0. The first-order chi connectivity index (χ1) is 21.4. The van der Waals surface area contributed by atoms with Crippen LogP contribution in [0.1, 0.15) is 46.4 Å². The van der Waals surface area contributed by atoms with Crippen molar-refractivity contribution >= 4 is 11.9 Å². The van der Waals surface area contributed by atoms with Gasteiger partial charge in [0.05, 0.1) is 67.0 Å². The number of benzene rings is 2. The van der Waals surface area contributed by atoms with Crippen LogP contribution in [0.5, 0.6) is 34.5 Å². The second-order valence-electron chi connectivity index (χ2n) is 10.2. The van der Waals surface area contributed by atoms with Crippen molar-refractivity contribution in [3.8, 4) is 34.5 Å². The first-order valence-electron chi connectivity index (χ1n) is 14.8. The molecule has 1 aliphatic heterocycles. The van der Waals surface area contributed by atoms with Crippen LogP contribution in [0, 0.1) is 0 Å². The summed E-state index contributed by atoms with van der Waals surface area (Å²) in [5.41, 5.74) is 0.698. The zero-order valence-corrected chi connectivity index (χ0v) is 26.8. The van der Waals surface area contributed by atoms with E-state index < -0.39 is 11.9 Å². The van der Waals surface area contributed by atoms with E-state index in [1.54, 1.807) is 24.3 Å². The standard InChI is InChI=1S/C32H46N2O10/c1-37-25-19-23(20-26(38-2)29(25)41-5)31(35)43-17-8-7-11-33-12-9-13-34(16-15-33)14-10-18-44-32(36)24-21-27(39-3)30(42-6)28(22-24)40-4/h19-22H,7-18H2,1-6H3. The highest BCUT2D eigenvalue weighted by Crippen LogP contribution is 2.39. The summed E-state index contributed by atoms with van der Waals surface area (Å²) < 4.78 is 42.9. The van der Waals surface area contributed by atoms with E-state index in [0.717, 1.165) is 65.0 Å². The largest absolute Gasteiger partial charge is 0.493 e. The number of hydrogen-bond donors (Lipinski definition) is 0. The van der Waals surface area contributed by atoms with Crippen molar-refractivity contribution in [3.63, 3.8) is 0 Å². The smallest absolute Gasteiger partial charge is 0.338 e.